The number of rotatable bonds is 4. The highest BCUT2D eigenvalue weighted by molar-refractivity contribution is 5.89. The lowest BCUT2D eigenvalue weighted by Gasteiger charge is -2.15. The summed E-state index contributed by atoms with van der Waals surface area (Å²) in [6.07, 6.45) is 1.20. The molecule has 1 aromatic carbocycles. The van der Waals surface area contributed by atoms with E-state index in [4.69, 9.17) is 0 Å². The van der Waals surface area contributed by atoms with Crippen LogP contribution in [0.1, 0.15) is 25.6 Å². The monoisotopic (exact) mass is 273 g/mol. The van der Waals surface area contributed by atoms with Crippen molar-refractivity contribution in [2.45, 2.75) is 19.9 Å². The summed E-state index contributed by atoms with van der Waals surface area (Å²) < 4.78 is 12.8. The lowest BCUT2D eigenvalue weighted by Crippen LogP contribution is -2.09. The largest absolute Gasteiger partial charge is 0.377 e. The zero-order valence-electron chi connectivity index (χ0n) is 11.4. The van der Waals surface area contributed by atoms with Gasteiger partial charge in [-0.15, -0.1) is 0 Å². The molecule has 1 aromatic heterocycles. The summed E-state index contributed by atoms with van der Waals surface area (Å²) >= 11 is 0. The third-order valence-corrected chi connectivity index (χ3v) is 2.76. The molecule has 1 heterocycles. The molecule has 1 amide bonds. The molecule has 1 atom stereocenters. The number of amides is 1. The molecule has 0 saturated heterocycles. The molecule has 5 heteroatoms. The molecular weight excluding hydrogens is 257 g/mol. The van der Waals surface area contributed by atoms with Crippen LogP contribution in [0, 0.1) is 5.82 Å². The van der Waals surface area contributed by atoms with Crippen LogP contribution in [0.15, 0.2) is 42.6 Å². The molecule has 0 aliphatic rings. The zero-order chi connectivity index (χ0) is 14.5. The molecule has 0 spiro atoms. The predicted octanol–water partition coefficient (Wildman–Crippen LogP) is 3.35. The normalized spacial score (nSPS) is 11.8. The number of nitrogens with one attached hydrogen (secondary N) is 2. The first-order chi connectivity index (χ1) is 9.54. The third kappa shape index (κ3) is 3.78. The minimum Gasteiger partial charge on any atom is -0.377 e. The van der Waals surface area contributed by atoms with E-state index < -0.39 is 0 Å². The maximum Gasteiger partial charge on any atom is 0.221 e. The van der Waals surface area contributed by atoms with Crippen molar-refractivity contribution < 1.29 is 9.18 Å². The molecule has 0 fully saturated rings. The van der Waals surface area contributed by atoms with Gasteiger partial charge in [0, 0.05) is 18.3 Å². The van der Waals surface area contributed by atoms with Crippen molar-refractivity contribution in [3.63, 3.8) is 0 Å². The van der Waals surface area contributed by atoms with Crippen LogP contribution < -0.4 is 10.6 Å². The van der Waals surface area contributed by atoms with Gasteiger partial charge in [0.1, 0.15) is 5.82 Å². The van der Waals surface area contributed by atoms with Crippen molar-refractivity contribution in [3.8, 4) is 0 Å². The molecule has 0 saturated carbocycles. The number of aromatic nitrogens is 1. The van der Waals surface area contributed by atoms with Gasteiger partial charge in [0.25, 0.3) is 0 Å². The Morgan fingerprint density at radius 3 is 2.65 bits per heavy atom. The predicted molar refractivity (Wildman–Crippen MR) is 77.0 cm³/mol. The van der Waals surface area contributed by atoms with Crippen molar-refractivity contribution in [2.24, 2.45) is 0 Å². The number of hydrogen-bond donors (Lipinski definition) is 2. The van der Waals surface area contributed by atoms with Crippen molar-refractivity contribution in [1.29, 1.82) is 0 Å². The Hall–Kier alpha value is -2.43. The van der Waals surface area contributed by atoms with Crippen molar-refractivity contribution >= 4 is 17.3 Å². The van der Waals surface area contributed by atoms with Crippen molar-refractivity contribution in [1.82, 2.24) is 4.98 Å². The Kier molecular flexibility index (Phi) is 4.30. The second-order valence-corrected chi connectivity index (χ2v) is 4.53. The highest BCUT2D eigenvalue weighted by Gasteiger charge is 2.07. The minimum absolute atomic E-state index is 0.0665. The summed E-state index contributed by atoms with van der Waals surface area (Å²) in [5, 5.41) is 5.98. The second kappa shape index (κ2) is 6.14. The van der Waals surface area contributed by atoms with Crippen molar-refractivity contribution in [2.75, 3.05) is 10.6 Å². The van der Waals surface area contributed by atoms with Gasteiger partial charge in [-0.3, -0.25) is 9.78 Å². The van der Waals surface area contributed by atoms with Gasteiger partial charge in [-0.25, -0.2) is 4.39 Å². The van der Waals surface area contributed by atoms with Crippen LogP contribution in [0.25, 0.3) is 0 Å². The molecule has 104 valence electrons. The molecule has 0 bridgehead atoms. The summed E-state index contributed by atoms with van der Waals surface area (Å²) in [6.45, 7) is 3.40. The van der Waals surface area contributed by atoms with Crippen LogP contribution >= 0.6 is 0 Å². The van der Waals surface area contributed by atoms with E-state index in [1.807, 2.05) is 31.2 Å². The molecule has 2 aromatic rings. The quantitative estimate of drug-likeness (QED) is 0.898. The Labute approximate surface area is 117 Å². The average Bonchev–Trinajstić information content (AvgIpc) is 2.39. The van der Waals surface area contributed by atoms with Gasteiger partial charge in [-0.1, -0.05) is 6.07 Å². The van der Waals surface area contributed by atoms with Gasteiger partial charge in [0.15, 0.2) is 0 Å². The van der Waals surface area contributed by atoms with E-state index in [-0.39, 0.29) is 17.8 Å². The maximum atomic E-state index is 12.8. The number of hydrogen-bond acceptors (Lipinski definition) is 3. The molecule has 0 radical (unpaired) electrons. The minimum atomic E-state index is -0.353. The number of halogens is 1. The van der Waals surface area contributed by atoms with E-state index in [1.165, 1.54) is 19.2 Å². The number of carbonyl (C=O) groups excluding carboxylic acids is 1. The fourth-order valence-electron chi connectivity index (χ4n) is 1.86. The third-order valence-electron chi connectivity index (χ3n) is 2.76. The van der Waals surface area contributed by atoms with Crippen LogP contribution in [0.3, 0.4) is 0 Å². The topological polar surface area (TPSA) is 54.0 Å². The number of nitrogens with zero attached hydrogens (tertiary/aromatic N) is 1. The van der Waals surface area contributed by atoms with Crippen LogP contribution in [-0.2, 0) is 4.79 Å². The van der Waals surface area contributed by atoms with Crippen LogP contribution in [0.4, 0.5) is 15.8 Å². The summed E-state index contributed by atoms with van der Waals surface area (Å²) in [5.74, 6) is -0.469. The van der Waals surface area contributed by atoms with Gasteiger partial charge in [-0.2, -0.15) is 0 Å². The fraction of sp³-hybridized carbons (Fsp3) is 0.200. The van der Waals surface area contributed by atoms with E-state index >= 15 is 0 Å². The van der Waals surface area contributed by atoms with Crippen molar-refractivity contribution in [3.05, 3.63) is 54.1 Å². The van der Waals surface area contributed by atoms with Crippen LogP contribution in [0.5, 0.6) is 0 Å². The van der Waals surface area contributed by atoms with E-state index in [0.29, 0.717) is 0 Å². The highest BCUT2D eigenvalue weighted by Crippen LogP contribution is 2.20. The van der Waals surface area contributed by atoms with Gasteiger partial charge in [-0.05, 0) is 37.3 Å². The smallest absolute Gasteiger partial charge is 0.221 e. The lowest BCUT2D eigenvalue weighted by molar-refractivity contribution is -0.114. The average molecular weight is 273 g/mol. The first-order valence-corrected chi connectivity index (χ1v) is 6.30. The Morgan fingerprint density at radius 1 is 1.25 bits per heavy atom. The number of anilines is 2. The van der Waals surface area contributed by atoms with Gasteiger partial charge in [0.05, 0.1) is 17.9 Å². The van der Waals surface area contributed by atoms with E-state index in [0.717, 1.165) is 17.1 Å². The maximum absolute atomic E-state index is 12.8. The van der Waals surface area contributed by atoms with E-state index in [1.54, 1.807) is 6.07 Å². The fourth-order valence-corrected chi connectivity index (χ4v) is 1.86. The lowest BCUT2D eigenvalue weighted by atomic mass is 10.2. The molecule has 20 heavy (non-hydrogen) atoms. The molecule has 0 aliphatic carbocycles. The van der Waals surface area contributed by atoms with Gasteiger partial charge in [0.2, 0.25) is 5.91 Å². The Bertz CT molecular complexity index is 598. The molecule has 2 N–H and O–H groups in total. The second-order valence-electron chi connectivity index (χ2n) is 4.53. The molecule has 0 aliphatic heterocycles. The molecule has 4 nitrogen and oxygen atoms in total. The van der Waals surface area contributed by atoms with Gasteiger partial charge >= 0.3 is 0 Å². The zero-order valence-corrected chi connectivity index (χ0v) is 11.4. The highest BCUT2D eigenvalue weighted by atomic mass is 19.1. The van der Waals surface area contributed by atoms with Gasteiger partial charge < -0.3 is 10.6 Å². The molecular formula is C15H16FN3O. The summed E-state index contributed by atoms with van der Waals surface area (Å²) in [6, 6.07) is 10.3. The first kappa shape index (κ1) is 14.0. The summed E-state index contributed by atoms with van der Waals surface area (Å²) in [7, 11) is 0. The van der Waals surface area contributed by atoms with E-state index in [9.17, 15) is 9.18 Å². The Morgan fingerprint density at radius 2 is 2.00 bits per heavy atom. The number of pyridine rings is 1. The number of carbonyl (C=O) groups is 1. The first-order valence-electron chi connectivity index (χ1n) is 6.30. The van der Waals surface area contributed by atoms with E-state index in [2.05, 4.69) is 15.6 Å². The molecule has 1 unspecified atom stereocenters. The standard InChI is InChI=1S/C15H16FN3O/c1-10(15-7-6-12(16)9-17-15)18-13-4-3-5-14(8-13)19-11(2)20/h3-10,18H,1-2H3,(H,19,20). The van der Waals surface area contributed by atoms with Crippen LogP contribution in [-0.4, -0.2) is 10.9 Å². The summed E-state index contributed by atoms with van der Waals surface area (Å²) in [4.78, 5) is 15.1. The number of benzene rings is 1. The SMILES string of the molecule is CC(=O)Nc1cccc(NC(C)c2ccc(F)cn2)c1. The molecule has 2 rings (SSSR count). The van der Waals surface area contributed by atoms with Crippen LogP contribution in [0.2, 0.25) is 0 Å². The Balaban J connectivity index is 2.09. The summed E-state index contributed by atoms with van der Waals surface area (Å²) in [5.41, 5.74) is 2.33.